The number of carbonyl (C=O) groups is 3. The van der Waals surface area contributed by atoms with E-state index in [0.717, 1.165) is 21.4 Å². The molecule has 0 bridgehead atoms. The third-order valence-corrected chi connectivity index (χ3v) is 10.6. The molecule has 3 aromatic heterocycles. The Hall–Kier alpha value is -4.79. The lowest BCUT2D eigenvalue weighted by molar-refractivity contribution is -0.127. The van der Waals surface area contributed by atoms with Crippen molar-refractivity contribution in [2.75, 3.05) is 40.3 Å². The van der Waals surface area contributed by atoms with E-state index in [1.807, 2.05) is 7.05 Å². The monoisotopic (exact) mass is 670 g/mol. The molecule has 46 heavy (non-hydrogen) atoms. The van der Waals surface area contributed by atoms with E-state index in [1.54, 1.807) is 18.2 Å². The number of ether oxygens (including phenoxy) is 1. The number of methoxy groups -OCH3 is 1. The second-order valence-electron chi connectivity index (χ2n) is 10.7. The van der Waals surface area contributed by atoms with Gasteiger partial charge in [-0.2, -0.15) is 9.52 Å². The van der Waals surface area contributed by atoms with E-state index < -0.39 is 34.0 Å². The minimum Gasteiger partial charge on any atom is -0.453 e. The summed E-state index contributed by atoms with van der Waals surface area (Å²) in [5, 5.41) is 27.1. The summed E-state index contributed by atoms with van der Waals surface area (Å²) in [5.74, 6) is -1.03. The molecule has 0 aliphatic carbocycles. The van der Waals surface area contributed by atoms with Crippen molar-refractivity contribution >= 4 is 56.0 Å². The highest BCUT2D eigenvalue weighted by Crippen LogP contribution is 2.28. The van der Waals surface area contributed by atoms with Gasteiger partial charge in [-0.1, -0.05) is 5.21 Å². The lowest BCUT2D eigenvalue weighted by Crippen LogP contribution is -2.61. The highest BCUT2D eigenvalue weighted by Gasteiger charge is 2.41. The molecular formula is C26H30N12O6S2. The zero-order valence-corrected chi connectivity index (χ0v) is 26.4. The Kier molecular flexibility index (Phi) is 8.51. The number of amides is 3. The zero-order valence-electron chi connectivity index (χ0n) is 24.7. The number of H-pyrrole nitrogens is 2. The molecule has 20 heteroatoms. The fraction of sp³-hybridized carbons (Fsp3) is 0.385. The fourth-order valence-corrected chi connectivity index (χ4v) is 7.88. The molecule has 1 fully saturated rings. The van der Waals surface area contributed by atoms with Crippen molar-refractivity contribution in [1.82, 2.24) is 55.3 Å². The number of tetrazole rings is 1. The van der Waals surface area contributed by atoms with Crippen LogP contribution in [0.5, 0.6) is 0 Å². The minimum absolute atomic E-state index is 0.0523. The number of hydrogen-bond acceptors (Lipinski definition) is 13. The Morgan fingerprint density at radius 3 is 2.78 bits per heavy atom. The smallest absolute Gasteiger partial charge is 0.412 e. The average molecular weight is 671 g/mol. The topological polar surface area (TPSA) is 235 Å². The summed E-state index contributed by atoms with van der Waals surface area (Å²) in [6.45, 7) is 0.991. The predicted octanol–water partition coefficient (Wildman–Crippen LogP) is -0.362. The van der Waals surface area contributed by atoms with Crippen molar-refractivity contribution < 1.29 is 27.5 Å². The van der Waals surface area contributed by atoms with Crippen molar-refractivity contribution in [3.63, 3.8) is 0 Å². The summed E-state index contributed by atoms with van der Waals surface area (Å²) in [4.78, 5) is 50.8. The first-order valence-corrected chi connectivity index (χ1v) is 16.3. The number of nitrogens with one attached hydrogen (secondary N) is 5. The molecule has 1 atom stereocenters. The number of sulfonamides is 1. The van der Waals surface area contributed by atoms with Crippen LogP contribution < -0.4 is 10.6 Å². The van der Waals surface area contributed by atoms with Gasteiger partial charge < -0.3 is 24.8 Å². The molecule has 4 aromatic rings. The summed E-state index contributed by atoms with van der Waals surface area (Å²) >= 11 is 1.29. The second kappa shape index (κ2) is 12.5. The predicted molar refractivity (Wildman–Crippen MR) is 162 cm³/mol. The number of aromatic nitrogens is 6. The standard InChI is InChI=1S/C26H30N12O6S2/c1-36-6-5-17-19(13-36)45-24(30-17)25(40)38-8-7-37(12-18(38)23(39)28-11-20-32-34-35-33-20)46(42,43)21-10-15-9-14(3-4-16(15)29-21)22(27)31-26(41)44-2/h3-4,9-10,18,29H,5-8,11-13H2,1-2H3,(H,28,39)(H2,27,31,41)(H,32,33,34,35). The van der Waals surface area contributed by atoms with E-state index in [9.17, 15) is 22.8 Å². The third kappa shape index (κ3) is 6.18. The number of aromatic amines is 2. The van der Waals surface area contributed by atoms with Crippen LogP contribution in [0.2, 0.25) is 0 Å². The van der Waals surface area contributed by atoms with Gasteiger partial charge in [-0.3, -0.25) is 20.3 Å². The van der Waals surface area contributed by atoms with E-state index in [0.29, 0.717) is 29.4 Å². The largest absolute Gasteiger partial charge is 0.453 e. The van der Waals surface area contributed by atoms with Crippen LogP contribution in [0.1, 0.15) is 31.8 Å². The highest BCUT2D eigenvalue weighted by atomic mass is 32.2. The molecule has 242 valence electrons. The minimum atomic E-state index is -4.17. The number of thiazole rings is 1. The van der Waals surface area contributed by atoms with Crippen LogP contribution in [0.3, 0.4) is 0 Å². The third-order valence-electron chi connectivity index (χ3n) is 7.74. The fourth-order valence-electron chi connectivity index (χ4n) is 5.29. The quantitative estimate of drug-likeness (QED) is 0.126. The lowest BCUT2D eigenvalue weighted by Gasteiger charge is -2.39. The zero-order chi connectivity index (χ0) is 32.6. The Morgan fingerprint density at radius 2 is 2.02 bits per heavy atom. The molecule has 3 amide bonds. The molecule has 5 heterocycles. The summed E-state index contributed by atoms with van der Waals surface area (Å²) in [7, 11) is -0.997. The number of benzene rings is 1. The second-order valence-corrected chi connectivity index (χ2v) is 13.7. The summed E-state index contributed by atoms with van der Waals surface area (Å²) in [5.41, 5.74) is 1.68. The molecule has 5 N–H and O–H groups in total. The number of rotatable bonds is 7. The molecule has 0 radical (unpaired) electrons. The normalized spacial score (nSPS) is 17.4. The maximum absolute atomic E-state index is 13.9. The van der Waals surface area contributed by atoms with E-state index in [2.05, 4.69) is 50.9 Å². The van der Waals surface area contributed by atoms with Crippen LogP contribution in [0.15, 0.2) is 29.3 Å². The van der Waals surface area contributed by atoms with Crippen molar-refractivity contribution in [1.29, 1.82) is 5.41 Å². The molecule has 1 saturated heterocycles. The molecule has 2 aliphatic rings. The van der Waals surface area contributed by atoms with Crippen molar-refractivity contribution in [2.24, 2.45) is 0 Å². The maximum atomic E-state index is 13.9. The van der Waals surface area contributed by atoms with Gasteiger partial charge in [0.25, 0.3) is 15.9 Å². The van der Waals surface area contributed by atoms with Crippen molar-refractivity contribution in [3.8, 4) is 0 Å². The average Bonchev–Trinajstić information content (AvgIpc) is 3.82. The van der Waals surface area contributed by atoms with E-state index in [-0.39, 0.29) is 47.9 Å². The van der Waals surface area contributed by atoms with E-state index in [4.69, 9.17) is 5.41 Å². The van der Waals surface area contributed by atoms with Gasteiger partial charge in [0.15, 0.2) is 10.8 Å². The maximum Gasteiger partial charge on any atom is 0.412 e. The van der Waals surface area contributed by atoms with Gasteiger partial charge in [-0.05, 0) is 31.3 Å². The van der Waals surface area contributed by atoms with Gasteiger partial charge in [0.05, 0.1) is 19.3 Å². The van der Waals surface area contributed by atoms with Crippen molar-refractivity contribution in [2.45, 2.75) is 30.6 Å². The molecule has 0 saturated carbocycles. The number of alkyl carbamates (subject to hydrolysis) is 1. The van der Waals surface area contributed by atoms with Crippen LogP contribution in [-0.2, 0) is 39.1 Å². The van der Waals surface area contributed by atoms with Gasteiger partial charge >= 0.3 is 6.09 Å². The summed E-state index contributed by atoms with van der Waals surface area (Å²) < 4.78 is 33.4. The molecule has 6 rings (SSSR count). The number of carbonyl (C=O) groups excluding carboxylic acids is 3. The first kappa shape index (κ1) is 31.2. The molecule has 1 aromatic carbocycles. The van der Waals surface area contributed by atoms with Crippen LogP contribution in [0, 0.1) is 5.41 Å². The lowest BCUT2D eigenvalue weighted by atomic mass is 10.1. The van der Waals surface area contributed by atoms with Crippen LogP contribution in [-0.4, -0.2) is 123 Å². The number of likely N-dealkylation sites (N-methyl/N-ethyl adjacent to an activating group) is 1. The number of fused-ring (bicyclic) bond motifs is 2. The van der Waals surface area contributed by atoms with Gasteiger partial charge in [-0.15, -0.1) is 21.5 Å². The van der Waals surface area contributed by atoms with Crippen LogP contribution in [0.4, 0.5) is 4.79 Å². The van der Waals surface area contributed by atoms with Gasteiger partial charge in [0, 0.05) is 60.5 Å². The van der Waals surface area contributed by atoms with E-state index >= 15 is 0 Å². The van der Waals surface area contributed by atoms with Gasteiger partial charge in [-0.25, -0.2) is 18.2 Å². The van der Waals surface area contributed by atoms with Crippen LogP contribution in [0.25, 0.3) is 10.9 Å². The number of nitrogens with zero attached hydrogens (tertiary/aromatic N) is 7. The Labute approximate surface area is 266 Å². The molecule has 1 unspecified atom stereocenters. The summed E-state index contributed by atoms with van der Waals surface area (Å²) in [6.07, 6.45) is -0.0939. The SMILES string of the molecule is COC(=O)NC(=N)c1ccc2[nH]c(S(=O)(=O)N3CCN(C(=O)c4nc5c(s4)CN(C)CC5)C(C(=O)NCc4nn[nH]n4)C3)cc2c1. The van der Waals surface area contributed by atoms with Crippen LogP contribution >= 0.6 is 11.3 Å². The summed E-state index contributed by atoms with van der Waals surface area (Å²) in [6, 6.07) is 4.94. The first-order chi connectivity index (χ1) is 22.0. The van der Waals surface area contributed by atoms with Crippen molar-refractivity contribution in [3.05, 3.63) is 51.2 Å². The van der Waals surface area contributed by atoms with Gasteiger partial charge in [0.2, 0.25) is 5.91 Å². The number of amidine groups is 1. The highest BCUT2D eigenvalue weighted by molar-refractivity contribution is 7.89. The van der Waals surface area contributed by atoms with Gasteiger partial charge in [0.1, 0.15) is 16.9 Å². The molecule has 2 aliphatic heterocycles. The Bertz CT molecular complexity index is 1920. The Morgan fingerprint density at radius 1 is 1.20 bits per heavy atom. The molecule has 18 nitrogen and oxygen atoms in total. The number of piperazine rings is 1. The van der Waals surface area contributed by atoms with E-state index in [1.165, 1.54) is 29.4 Å². The number of hydrogen-bond donors (Lipinski definition) is 5. The Balaban J connectivity index is 1.25. The molecular weight excluding hydrogens is 640 g/mol. The first-order valence-electron chi connectivity index (χ1n) is 14.1. The molecule has 0 spiro atoms.